The highest BCUT2D eigenvalue weighted by Crippen LogP contribution is 2.44. The molecule has 0 saturated heterocycles. The highest BCUT2D eigenvalue weighted by atomic mass is 31.2. The van der Waals surface area contributed by atoms with Crippen molar-refractivity contribution in [2.75, 3.05) is 59.4 Å². The number of amides is 1. The lowest BCUT2D eigenvalue weighted by Gasteiger charge is -2.17. The van der Waals surface area contributed by atoms with E-state index in [-0.39, 0.29) is 70.6 Å². The summed E-state index contributed by atoms with van der Waals surface area (Å²) >= 11 is 0. The second-order valence-electron chi connectivity index (χ2n) is 8.27. The van der Waals surface area contributed by atoms with Gasteiger partial charge in [-0.25, -0.2) is 9.13 Å². The molecule has 35 heavy (non-hydrogen) atoms. The third kappa shape index (κ3) is 21.4. The number of rotatable bonds is 23. The number of aliphatic hydroxyl groups is 1. The Hall–Kier alpha value is -0.430. The first-order valence-electron chi connectivity index (χ1n) is 11.7. The molecule has 13 nitrogen and oxygen atoms in total. The number of phosphoric acid groups is 2. The van der Waals surface area contributed by atoms with E-state index in [1.165, 1.54) is 0 Å². The summed E-state index contributed by atoms with van der Waals surface area (Å²) in [5.74, 6) is -0.412. The van der Waals surface area contributed by atoms with Crippen molar-refractivity contribution >= 4 is 21.6 Å². The Labute approximate surface area is 208 Å². The van der Waals surface area contributed by atoms with Crippen LogP contribution in [0.1, 0.15) is 47.0 Å². The predicted octanol–water partition coefficient (Wildman–Crippen LogP) is 2.25. The molecular formula is C20H43NO12P2. The SMILES string of the molecule is CC(C)OP(=O)(O)OCCOCCOCCOP(=O)(O)OCC(CO)CCCCNC(=O)C(C)C. The summed E-state index contributed by atoms with van der Waals surface area (Å²) < 4.78 is 53.0. The van der Waals surface area contributed by atoms with Gasteiger partial charge in [0.15, 0.2) is 0 Å². The first kappa shape index (κ1) is 34.6. The quantitative estimate of drug-likeness (QED) is 0.108. The molecule has 4 N–H and O–H groups in total. The average molecular weight is 552 g/mol. The molecule has 0 fully saturated rings. The minimum Gasteiger partial charge on any atom is -0.396 e. The van der Waals surface area contributed by atoms with E-state index in [1.807, 2.05) is 13.8 Å². The summed E-state index contributed by atoms with van der Waals surface area (Å²) in [6.07, 6.45) is 1.57. The largest absolute Gasteiger partial charge is 0.472 e. The van der Waals surface area contributed by atoms with Crippen LogP contribution in [0.2, 0.25) is 0 Å². The van der Waals surface area contributed by atoms with Crippen LogP contribution in [-0.4, -0.2) is 86.3 Å². The normalized spacial score (nSPS) is 16.3. The maximum Gasteiger partial charge on any atom is 0.472 e. The van der Waals surface area contributed by atoms with Crippen LogP contribution in [-0.2, 0) is 41.5 Å². The van der Waals surface area contributed by atoms with Gasteiger partial charge in [0.2, 0.25) is 5.91 Å². The van der Waals surface area contributed by atoms with Crippen LogP contribution in [0, 0.1) is 11.8 Å². The van der Waals surface area contributed by atoms with Crippen LogP contribution in [0.4, 0.5) is 0 Å². The summed E-state index contributed by atoms with van der Waals surface area (Å²) in [6, 6.07) is 0. The summed E-state index contributed by atoms with van der Waals surface area (Å²) in [5, 5.41) is 12.2. The highest BCUT2D eigenvalue weighted by Gasteiger charge is 2.23. The standard InChI is InChI=1S/C20H43NO12P2/c1-17(2)20(23)21-8-6-5-7-19(15-22)16-32-34(24,25)30-13-11-28-9-10-29-12-14-31-35(26,27)33-18(3)4/h17-19,22H,5-16H2,1-4H3,(H,21,23)(H,24,25)(H,26,27). The first-order chi connectivity index (χ1) is 16.4. The number of hydrogen-bond donors (Lipinski definition) is 4. The van der Waals surface area contributed by atoms with Gasteiger partial charge in [-0.05, 0) is 26.7 Å². The van der Waals surface area contributed by atoms with Crippen molar-refractivity contribution in [2.45, 2.75) is 53.1 Å². The minimum atomic E-state index is -4.28. The summed E-state index contributed by atoms with van der Waals surface area (Å²) in [7, 11) is -8.37. The van der Waals surface area contributed by atoms with E-state index in [2.05, 4.69) is 5.32 Å². The number of unbranched alkanes of at least 4 members (excludes halogenated alkanes) is 1. The molecule has 0 saturated carbocycles. The molecule has 1 amide bonds. The Kier molecular flexibility index (Phi) is 19.4. The van der Waals surface area contributed by atoms with Crippen molar-refractivity contribution in [1.82, 2.24) is 5.32 Å². The van der Waals surface area contributed by atoms with Crippen molar-refractivity contribution < 1.29 is 56.4 Å². The molecule has 15 heteroatoms. The van der Waals surface area contributed by atoms with Crippen LogP contribution in [0.25, 0.3) is 0 Å². The number of aliphatic hydroxyl groups excluding tert-OH is 1. The zero-order valence-electron chi connectivity index (χ0n) is 21.1. The molecule has 0 heterocycles. The molecule has 0 radical (unpaired) electrons. The third-order valence-corrected chi connectivity index (χ3v) is 6.46. The van der Waals surface area contributed by atoms with Crippen LogP contribution in [0.5, 0.6) is 0 Å². The van der Waals surface area contributed by atoms with Gasteiger partial charge in [0.05, 0.1) is 52.4 Å². The fourth-order valence-corrected chi connectivity index (χ4v) is 4.16. The monoisotopic (exact) mass is 551 g/mol. The highest BCUT2D eigenvalue weighted by molar-refractivity contribution is 7.47. The molecule has 210 valence electrons. The number of nitrogens with one attached hydrogen (secondary N) is 1. The number of hydrogen-bond acceptors (Lipinski definition) is 10. The predicted molar refractivity (Wildman–Crippen MR) is 128 cm³/mol. The minimum absolute atomic E-state index is 0.0142. The van der Waals surface area contributed by atoms with Gasteiger partial charge in [-0.3, -0.25) is 22.9 Å². The zero-order chi connectivity index (χ0) is 26.7. The van der Waals surface area contributed by atoms with E-state index in [1.54, 1.807) is 13.8 Å². The van der Waals surface area contributed by atoms with Crippen LogP contribution in [0.15, 0.2) is 0 Å². The molecular weight excluding hydrogens is 508 g/mol. The Bertz CT molecular complexity index is 650. The van der Waals surface area contributed by atoms with Gasteiger partial charge >= 0.3 is 15.6 Å². The topological polar surface area (TPSA) is 179 Å². The lowest BCUT2D eigenvalue weighted by atomic mass is 10.0. The zero-order valence-corrected chi connectivity index (χ0v) is 22.9. The summed E-state index contributed by atoms with van der Waals surface area (Å²) in [4.78, 5) is 30.6. The molecule has 0 rings (SSSR count). The van der Waals surface area contributed by atoms with Gasteiger partial charge < -0.3 is 29.7 Å². The Balaban J connectivity index is 3.78. The van der Waals surface area contributed by atoms with Crippen molar-refractivity contribution in [2.24, 2.45) is 11.8 Å². The maximum atomic E-state index is 11.9. The third-order valence-electron chi connectivity index (χ3n) is 4.27. The van der Waals surface area contributed by atoms with Gasteiger partial charge in [0.25, 0.3) is 0 Å². The number of phosphoric ester groups is 2. The Morgan fingerprint density at radius 3 is 1.89 bits per heavy atom. The van der Waals surface area contributed by atoms with Gasteiger partial charge in [-0.2, -0.15) is 0 Å². The molecule has 0 aromatic heterocycles. The molecule has 0 aliphatic rings. The van der Waals surface area contributed by atoms with Crippen molar-refractivity contribution in [3.8, 4) is 0 Å². The van der Waals surface area contributed by atoms with E-state index in [4.69, 9.17) is 27.6 Å². The molecule has 0 aromatic carbocycles. The fourth-order valence-electron chi connectivity index (χ4n) is 2.48. The van der Waals surface area contributed by atoms with E-state index in [0.29, 0.717) is 13.0 Å². The van der Waals surface area contributed by atoms with Crippen LogP contribution >= 0.6 is 15.6 Å². The van der Waals surface area contributed by atoms with Gasteiger partial charge in [-0.15, -0.1) is 0 Å². The van der Waals surface area contributed by atoms with Crippen LogP contribution < -0.4 is 5.32 Å². The molecule has 3 unspecified atom stereocenters. The Morgan fingerprint density at radius 1 is 0.829 bits per heavy atom. The van der Waals surface area contributed by atoms with Gasteiger partial charge in [-0.1, -0.05) is 20.3 Å². The van der Waals surface area contributed by atoms with Crippen molar-refractivity contribution in [1.29, 1.82) is 0 Å². The molecule has 3 atom stereocenters. The first-order valence-corrected chi connectivity index (χ1v) is 14.7. The van der Waals surface area contributed by atoms with E-state index >= 15 is 0 Å². The lowest BCUT2D eigenvalue weighted by Crippen LogP contribution is -2.28. The maximum absolute atomic E-state index is 11.9. The van der Waals surface area contributed by atoms with Crippen molar-refractivity contribution in [3.05, 3.63) is 0 Å². The molecule has 0 bridgehead atoms. The molecule has 0 aliphatic heterocycles. The lowest BCUT2D eigenvalue weighted by molar-refractivity contribution is -0.123. The summed E-state index contributed by atoms with van der Waals surface area (Å²) in [6.45, 7) is 7.16. The second-order valence-corrected chi connectivity index (χ2v) is 11.1. The average Bonchev–Trinajstić information content (AvgIpc) is 2.75. The van der Waals surface area contributed by atoms with E-state index in [0.717, 1.165) is 12.8 Å². The van der Waals surface area contributed by atoms with Crippen molar-refractivity contribution in [3.63, 3.8) is 0 Å². The number of carbonyl (C=O) groups excluding carboxylic acids is 1. The molecule has 0 spiro atoms. The smallest absolute Gasteiger partial charge is 0.396 e. The Morgan fingerprint density at radius 2 is 1.37 bits per heavy atom. The summed E-state index contributed by atoms with van der Waals surface area (Å²) in [5.41, 5.74) is 0. The van der Waals surface area contributed by atoms with E-state index < -0.39 is 21.7 Å². The number of ether oxygens (including phenoxy) is 2. The van der Waals surface area contributed by atoms with Gasteiger partial charge in [0, 0.05) is 25.0 Å². The van der Waals surface area contributed by atoms with Crippen LogP contribution in [0.3, 0.4) is 0 Å². The van der Waals surface area contributed by atoms with Gasteiger partial charge in [0.1, 0.15) is 0 Å². The van der Waals surface area contributed by atoms with E-state index in [9.17, 15) is 28.8 Å². The number of carbonyl (C=O) groups is 1. The fraction of sp³-hybridized carbons (Fsp3) is 0.950. The molecule has 0 aliphatic carbocycles. The molecule has 0 aromatic rings. The second kappa shape index (κ2) is 19.7.